The quantitative estimate of drug-likeness (QED) is 0.845. The summed E-state index contributed by atoms with van der Waals surface area (Å²) in [6.07, 6.45) is 0. The molecule has 0 aliphatic heterocycles. The maximum absolute atomic E-state index is 11.9. The lowest BCUT2D eigenvalue weighted by Gasteiger charge is -2.08. The van der Waals surface area contributed by atoms with Gasteiger partial charge in [0.2, 0.25) is 5.91 Å². The highest BCUT2D eigenvalue weighted by molar-refractivity contribution is 7.85. The van der Waals surface area contributed by atoms with Crippen molar-refractivity contribution >= 4 is 16.7 Å². The molecule has 1 unspecified atom stereocenters. The van der Waals surface area contributed by atoms with E-state index in [-0.39, 0.29) is 0 Å². The highest BCUT2D eigenvalue weighted by atomic mass is 32.2. The molecule has 0 heterocycles. The Morgan fingerprint density at radius 1 is 1.40 bits per heavy atom. The molecule has 0 saturated carbocycles. The highest BCUT2D eigenvalue weighted by Gasteiger charge is 2.13. The molecule has 0 fully saturated rings. The summed E-state index contributed by atoms with van der Waals surface area (Å²) in [5, 5.41) is 0. The lowest BCUT2D eigenvalue weighted by atomic mass is 10.2. The Balaban J connectivity index is 3.03. The van der Waals surface area contributed by atoms with Gasteiger partial charge >= 0.3 is 0 Å². The van der Waals surface area contributed by atoms with Crippen LogP contribution in [0.3, 0.4) is 0 Å². The Morgan fingerprint density at radius 2 is 2.00 bits per heavy atom. The summed E-state index contributed by atoms with van der Waals surface area (Å²) in [6, 6.07) is 6.78. The molecule has 1 aromatic rings. The molecule has 1 amide bonds. The topological polar surface area (TPSA) is 60.2 Å². The minimum absolute atomic E-state index is 0.326. The molecule has 0 bridgehead atoms. The van der Waals surface area contributed by atoms with Crippen LogP contribution >= 0.6 is 0 Å². The van der Waals surface area contributed by atoms with Crippen LogP contribution in [0, 0.1) is 5.92 Å². The molecule has 0 aromatic heterocycles. The summed E-state index contributed by atoms with van der Waals surface area (Å²) in [4.78, 5) is 11.6. The van der Waals surface area contributed by atoms with Gasteiger partial charge < -0.3 is 5.73 Å². The van der Waals surface area contributed by atoms with E-state index in [4.69, 9.17) is 5.73 Å². The third-order valence-electron chi connectivity index (χ3n) is 1.88. The monoisotopic (exact) mass is 225 g/mol. The standard InChI is InChI=1S/C11H15NO2S/c1-8(2)7-15(14)10-6-4-3-5-9(10)11(12)13/h3-6,8H,7H2,1-2H3,(H2,12,13). The summed E-state index contributed by atoms with van der Waals surface area (Å²) < 4.78 is 11.9. The molecule has 0 saturated heterocycles. The summed E-state index contributed by atoms with van der Waals surface area (Å²) in [7, 11) is -1.15. The normalized spacial score (nSPS) is 12.7. The Hall–Kier alpha value is -1.16. The zero-order valence-electron chi connectivity index (χ0n) is 8.90. The molecule has 1 atom stereocenters. The molecule has 3 nitrogen and oxygen atoms in total. The minimum atomic E-state index is -1.15. The minimum Gasteiger partial charge on any atom is -0.366 e. The molecule has 2 N–H and O–H groups in total. The third kappa shape index (κ3) is 3.16. The fraction of sp³-hybridized carbons (Fsp3) is 0.364. The van der Waals surface area contributed by atoms with E-state index in [2.05, 4.69) is 0 Å². The van der Waals surface area contributed by atoms with Crippen molar-refractivity contribution in [2.24, 2.45) is 11.7 Å². The van der Waals surface area contributed by atoms with Gasteiger partial charge in [-0.05, 0) is 18.1 Å². The van der Waals surface area contributed by atoms with Gasteiger partial charge in [-0.3, -0.25) is 9.00 Å². The van der Waals surface area contributed by atoms with Crippen LogP contribution in [0.4, 0.5) is 0 Å². The molecule has 0 aliphatic rings. The molecule has 82 valence electrons. The molecule has 1 aromatic carbocycles. The first-order chi connectivity index (χ1) is 7.02. The third-order valence-corrected chi connectivity index (χ3v) is 3.70. The van der Waals surface area contributed by atoms with Crippen molar-refractivity contribution in [3.63, 3.8) is 0 Å². The number of primary amides is 1. The molecule has 15 heavy (non-hydrogen) atoms. The number of carbonyl (C=O) groups is 1. The van der Waals surface area contributed by atoms with Gasteiger partial charge in [-0.1, -0.05) is 26.0 Å². The number of carbonyl (C=O) groups excluding carboxylic acids is 1. The number of nitrogens with two attached hydrogens (primary N) is 1. The Labute approximate surface area is 92.1 Å². The van der Waals surface area contributed by atoms with E-state index < -0.39 is 16.7 Å². The number of hydrogen-bond donors (Lipinski definition) is 1. The van der Waals surface area contributed by atoms with Crippen molar-refractivity contribution in [3.05, 3.63) is 29.8 Å². The van der Waals surface area contributed by atoms with Crippen LogP contribution in [-0.4, -0.2) is 15.9 Å². The fourth-order valence-corrected chi connectivity index (χ4v) is 2.69. The molecule has 0 radical (unpaired) electrons. The average molecular weight is 225 g/mol. The van der Waals surface area contributed by atoms with Crippen LogP contribution in [0.15, 0.2) is 29.2 Å². The van der Waals surface area contributed by atoms with Crippen LogP contribution in [0.2, 0.25) is 0 Å². The van der Waals surface area contributed by atoms with Crippen LogP contribution in [0.1, 0.15) is 24.2 Å². The lowest BCUT2D eigenvalue weighted by Crippen LogP contribution is -2.16. The van der Waals surface area contributed by atoms with E-state index in [1.54, 1.807) is 24.3 Å². The Morgan fingerprint density at radius 3 is 2.53 bits per heavy atom. The van der Waals surface area contributed by atoms with Gasteiger partial charge in [-0.2, -0.15) is 0 Å². The van der Waals surface area contributed by atoms with Gasteiger partial charge in [0.15, 0.2) is 0 Å². The molecular formula is C11H15NO2S. The fourth-order valence-electron chi connectivity index (χ4n) is 1.26. The van der Waals surface area contributed by atoms with E-state index in [0.29, 0.717) is 22.1 Å². The van der Waals surface area contributed by atoms with Crippen molar-refractivity contribution in [2.45, 2.75) is 18.7 Å². The van der Waals surface area contributed by atoms with Crippen molar-refractivity contribution in [1.82, 2.24) is 0 Å². The van der Waals surface area contributed by atoms with Gasteiger partial charge in [-0.15, -0.1) is 0 Å². The summed E-state index contributed by atoms with van der Waals surface area (Å²) in [5.41, 5.74) is 5.57. The van der Waals surface area contributed by atoms with E-state index in [1.807, 2.05) is 13.8 Å². The zero-order chi connectivity index (χ0) is 11.4. The van der Waals surface area contributed by atoms with Crippen molar-refractivity contribution in [3.8, 4) is 0 Å². The lowest BCUT2D eigenvalue weighted by molar-refractivity contribution is 0.0997. The molecular weight excluding hydrogens is 210 g/mol. The van der Waals surface area contributed by atoms with Crippen LogP contribution in [0.5, 0.6) is 0 Å². The van der Waals surface area contributed by atoms with Gasteiger partial charge in [0.05, 0.1) is 21.3 Å². The summed E-state index contributed by atoms with van der Waals surface area (Å²) in [6.45, 7) is 3.98. The highest BCUT2D eigenvalue weighted by Crippen LogP contribution is 2.15. The van der Waals surface area contributed by atoms with E-state index >= 15 is 0 Å². The second kappa shape index (κ2) is 5.07. The Bertz CT molecular complexity index is 388. The second-order valence-electron chi connectivity index (χ2n) is 3.77. The van der Waals surface area contributed by atoms with Crippen LogP contribution in [0.25, 0.3) is 0 Å². The van der Waals surface area contributed by atoms with Gasteiger partial charge in [-0.25, -0.2) is 0 Å². The molecule has 4 heteroatoms. The summed E-state index contributed by atoms with van der Waals surface area (Å²) >= 11 is 0. The maximum Gasteiger partial charge on any atom is 0.249 e. The van der Waals surface area contributed by atoms with Crippen LogP contribution < -0.4 is 5.73 Å². The van der Waals surface area contributed by atoms with Gasteiger partial charge in [0.1, 0.15) is 0 Å². The van der Waals surface area contributed by atoms with Crippen molar-refractivity contribution < 1.29 is 9.00 Å². The van der Waals surface area contributed by atoms with Crippen molar-refractivity contribution in [1.29, 1.82) is 0 Å². The maximum atomic E-state index is 11.9. The van der Waals surface area contributed by atoms with E-state index in [9.17, 15) is 9.00 Å². The largest absolute Gasteiger partial charge is 0.366 e. The van der Waals surface area contributed by atoms with E-state index in [1.165, 1.54) is 0 Å². The van der Waals surface area contributed by atoms with Crippen molar-refractivity contribution in [2.75, 3.05) is 5.75 Å². The average Bonchev–Trinajstić information content (AvgIpc) is 2.16. The van der Waals surface area contributed by atoms with Crippen LogP contribution in [-0.2, 0) is 10.8 Å². The predicted molar refractivity (Wildman–Crippen MR) is 61.1 cm³/mol. The molecule has 0 aliphatic carbocycles. The molecule has 0 spiro atoms. The first kappa shape index (κ1) is 11.9. The van der Waals surface area contributed by atoms with Gasteiger partial charge in [0.25, 0.3) is 0 Å². The number of benzene rings is 1. The summed E-state index contributed by atoms with van der Waals surface area (Å²) in [5.74, 6) is 0.346. The Kier molecular flexibility index (Phi) is 4.03. The number of hydrogen-bond acceptors (Lipinski definition) is 2. The smallest absolute Gasteiger partial charge is 0.249 e. The first-order valence-electron chi connectivity index (χ1n) is 4.79. The number of rotatable bonds is 4. The van der Waals surface area contributed by atoms with Gasteiger partial charge in [0, 0.05) is 5.75 Å². The zero-order valence-corrected chi connectivity index (χ0v) is 9.71. The predicted octanol–water partition coefficient (Wildman–Crippen LogP) is 1.55. The SMILES string of the molecule is CC(C)CS(=O)c1ccccc1C(N)=O. The first-order valence-corrected chi connectivity index (χ1v) is 6.11. The second-order valence-corrected chi connectivity index (χ2v) is 5.23. The van der Waals surface area contributed by atoms with E-state index in [0.717, 1.165) is 0 Å². The molecule has 1 rings (SSSR count). The number of amides is 1.